The van der Waals surface area contributed by atoms with Crippen LogP contribution in [-0.2, 0) is 16.0 Å². The van der Waals surface area contributed by atoms with E-state index in [2.05, 4.69) is 12.2 Å². The zero-order valence-electron chi connectivity index (χ0n) is 19.5. The molecule has 7 nitrogen and oxygen atoms in total. The summed E-state index contributed by atoms with van der Waals surface area (Å²) in [7, 11) is 4.67. The molecule has 0 unspecified atom stereocenters. The van der Waals surface area contributed by atoms with Gasteiger partial charge in [-0.05, 0) is 41.8 Å². The first-order chi connectivity index (χ1) is 16.5. The van der Waals surface area contributed by atoms with Crippen LogP contribution < -0.4 is 24.4 Å². The van der Waals surface area contributed by atoms with E-state index in [9.17, 15) is 9.59 Å². The third-order valence-electron chi connectivity index (χ3n) is 5.69. The number of imide groups is 1. The van der Waals surface area contributed by atoms with E-state index < -0.39 is 11.8 Å². The van der Waals surface area contributed by atoms with Gasteiger partial charge in [0, 0.05) is 23.9 Å². The van der Waals surface area contributed by atoms with Crippen LogP contribution in [0.3, 0.4) is 0 Å². The maximum absolute atomic E-state index is 13.6. The summed E-state index contributed by atoms with van der Waals surface area (Å²) in [4.78, 5) is 28.4. The number of nitrogens with zero attached hydrogens (tertiary/aromatic N) is 1. The summed E-state index contributed by atoms with van der Waals surface area (Å²) >= 11 is 0. The third kappa shape index (κ3) is 4.32. The highest BCUT2D eigenvalue weighted by molar-refractivity contribution is 6.46. The Kier molecular flexibility index (Phi) is 6.54. The highest BCUT2D eigenvalue weighted by Crippen LogP contribution is 2.36. The second kappa shape index (κ2) is 9.70. The van der Waals surface area contributed by atoms with Crippen LogP contribution in [0.4, 0.5) is 11.4 Å². The number of benzene rings is 3. The monoisotopic (exact) mass is 458 g/mol. The molecule has 0 saturated carbocycles. The van der Waals surface area contributed by atoms with E-state index in [-0.39, 0.29) is 11.3 Å². The Morgan fingerprint density at radius 3 is 1.85 bits per heavy atom. The van der Waals surface area contributed by atoms with Crippen LogP contribution in [0.1, 0.15) is 18.1 Å². The lowest BCUT2D eigenvalue weighted by Crippen LogP contribution is -2.32. The molecule has 0 aromatic heterocycles. The first kappa shape index (κ1) is 22.9. The van der Waals surface area contributed by atoms with Gasteiger partial charge in [0.2, 0.25) is 0 Å². The quantitative estimate of drug-likeness (QED) is 0.495. The van der Waals surface area contributed by atoms with E-state index in [1.54, 1.807) is 75.9 Å². The molecule has 3 aromatic rings. The number of hydrogen-bond donors (Lipinski definition) is 1. The predicted molar refractivity (Wildman–Crippen MR) is 131 cm³/mol. The summed E-state index contributed by atoms with van der Waals surface area (Å²) in [6.45, 7) is 2.05. The van der Waals surface area contributed by atoms with Crippen molar-refractivity contribution in [1.29, 1.82) is 0 Å². The van der Waals surface area contributed by atoms with Crippen molar-refractivity contribution >= 4 is 28.8 Å². The minimum absolute atomic E-state index is 0.171. The van der Waals surface area contributed by atoms with Crippen LogP contribution in [0.25, 0.3) is 5.57 Å². The largest absolute Gasteiger partial charge is 0.497 e. The molecular weight excluding hydrogens is 432 g/mol. The molecule has 0 radical (unpaired) electrons. The molecule has 1 heterocycles. The van der Waals surface area contributed by atoms with Crippen molar-refractivity contribution in [1.82, 2.24) is 0 Å². The molecule has 0 fully saturated rings. The fraction of sp³-hybridized carbons (Fsp3) is 0.185. The van der Waals surface area contributed by atoms with Crippen molar-refractivity contribution in [2.75, 3.05) is 31.5 Å². The number of anilines is 2. The van der Waals surface area contributed by atoms with E-state index in [1.165, 1.54) is 4.90 Å². The van der Waals surface area contributed by atoms with Crippen LogP contribution in [0.5, 0.6) is 17.2 Å². The van der Waals surface area contributed by atoms with Gasteiger partial charge < -0.3 is 19.5 Å². The number of methoxy groups -OCH3 is 3. The van der Waals surface area contributed by atoms with Gasteiger partial charge in [0.25, 0.3) is 11.8 Å². The Bertz CT molecular complexity index is 1220. The number of carbonyl (C=O) groups excluding carboxylic acids is 2. The van der Waals surface area contributed by atoms with Gasteiger partial charge in [0.1, 0.15) is 22.9 Å². The molecule has 174 valence electrons. The minimum atomic E-state index is -0.443. The molecule has 7 heteroatoms. The molecule has 34 heavy (non-hydrogen) atoms. The molecule has 0 atom stereocenters. The van der Waals surface area contributed by atoms with E-state index in [1.807, 2.05) is 12.1 Å². The Morgan fingerprint density at radius 2 is 1.32 bits per heavy atom. The van der Waals surface area contributed by atoms with E-state index in [0.29, 0.717) is 34.2 Å². The number of ether oxygens (including phenoxy) is 3. The van der Waals surface area contributed by atoms with Gasteiger partial charge in [-0.15, -0.1) is 0 Å². The maximum Gasteiger partial charge on any atom is 0.282 e. The first-order valence-corrected chi connectivity index (χ1v) is 10.9. The van der Waals surface area contributed by atoms with Crippen molar-refractivity contribution < 1.29 is 23.8 Å². The van der Waals surface area contributed by atoms with Crippen molar-refractivity contribution in [3.8, 4) is 17.2 Å². The van der Waals surface area contributed by atoms with Crippen molar-refractivity contribution in [2.24, 2.45) is 0 Å². The summed E-state index contributed by atoms with van der Waals surface area (Å²) in [5.74, 6) is 0.910. The zero-order valence-corrected chi connectivity index (χ0v) is 19.5. The maximum atomic E-state index is 13.6. The van der Waals surface area contributed by atoms with Crippen molar-refractivity contribution in [3.63, 3.8) is 0 Å². The van der Waals surface area contributed by atoms with Crippen molar-refractivity contribution in [2.45, 2.75) is 13.3 Å². The molecule has 2 amide bonds. The molecule has 1 aliphatic heterocycles. The Morgan fingerprint density at radius 1 is 0.735 bits per heavy atom. The molecular formula is C27H26N2O5. The van der Waals surface area contributed by atoms with Crippen molar-refractivity contribution in [3.05, 3.63) is 83.6 Å². The summed E-state index contributed by atoms with van der Waals surface area (Å²) in [5, 5.41) is 3.15. The number of amides is 2. The fourth-order valence-corrected chi connectivity index (χ4v) is 3.81. The molecule has 0 saturated heterocycles. The highest BCUT2D eigenvalue weighted by atomic mass is 16.5. The summed E-state index contributed by atoms with van der Waals surface area (Å²) < 4.78 is 15.9. The zero-order chi connectivity index (χ0) is 24.2. The SMILES string of the molecule is CCc1ccc(N2C(=O)C(Nc3cc(OC)cc(OC)c3)=C(c3ccc(OC)cc3)C2=O)cc1. The number of hydrogen-bond acceptors (Lipinski definition) is 6. The van der Waals surface area contributed by atoms with Gasteiger partial charge in [-0.3, -0.25) is 9.59 Å². The van der Waals surface area contributed by atoms with Gasteiger partial charge in [0.15, 0.2) is 0 Å². The van der Waals surface area contributed by atoms with Gasteiger partial charge in [0.05, 0.1) is 32.6 Å². The van der Waals surface area contributed by atoms with Crippen LogP contribution in [0, 0.1) is 0 Å². The normalized spacial score (nSPS) is 13.4. The molecule has 3 aromatic carbocycles. The lowest BCUT2D eigenvalue weighted by Gasteiger charge is -2.16. The Balaban J connectivity index is 1.80. The van der Waals surface area contributed by atoms with Gasteiger partial charge in [-0.25, -0.2) is 4.90 Å². The summed E-state index contributed by atoms with van der Waals surface area (Å²) in [5.41, 5.74) is 3.23. The first-order valence-electron chi connectivity index (χ1n) is 10.9. The second-order valence-electron chi connectivity index (χ2n) is 7.67. The number of aryl methyl sites for hydroxylation is 1. The van der Waals surface area contributed by atoms with Gasteiger partial charge in [-0.1, -0.05) is 31.2 Å². The van der Waals surface area contributed by atoms with Crippen LogP contribution >= 0.6 is 0 Å². The lowest BCUT2D eigenvalue weighted by molar-refractivity contribution is -0.120. The predicted octanol–water partition coefficient (Wildman–Crippen LogP) is 4.67. The number of nitrogens with one attached hydrogen (secondary N) is 1. The fourth-order valence-electron chi connectivity index (χ4n) is 3.81. The molecule has 0 spiro atoms. The Hall–Kier alpha value is -4.26. The van der Waals surface area contributed by atoms with E-state index >= 15 is 0 Å². The van der Waals surface area contributed by atoms with E-state index in [0.717, 1.165) is 12.0 Å². The molecule has 0 bridgehead atoms. The molecule has 1 aliphatic rings. The highest BCUT2D eigenvalue weighted by Gasteiger charge is 2.40. The van der Waals surface area contributed by atoms with Crippen LogP contribution in [-0.4, -0.2) is 33.1 Å². The standard InChI is InChI=1S/C27H26N2O5/c1-5-17-6-10-20(11-7-17)29-26(30)24(18-8-12-21(32-2)13-9-18)25(27(29)31)28-19-14-22(33-3)16-23(15-19)34-4/h6-16,28H,5H2,1-4H3. The minimum Gasteiger partial charge on any atom is -0.497 e. The average Bonchev–Trinajstić information content (AvgIpc) is 3.12. The van der Waals surface area contributed by atoms with E-state index in [4.69, 9.17) is 14.2 Å². The smallest absolute Gasteiger partial charge is 0.282 e. The number of rotatable bonds is 8. The van der Waals surface area contributed by atoms with Crippen LogP contribution in [0.15, 0.2) is 72.4 Å². The van der Waals surface area contributed by atoms with Gasteiger partial charge >= 0.3 is 0 Å². The average molecular weight is 459 g/mol. The third-order valence-corrected chi connectivity index (χ3v) is 5.69. The van der Waals surface area contributed by atoms with Crippen LogP contribution in [0.2, 0.25) is 0 Å². The second-order valence-corrected chi connectivity index (χ2v) is 7.67. The summed E-state index contributed by atoms with van der Waals surface area (Å²) in [6, 6.07) is 19.6. The molecule has 1 N–H and O–H groups in total. The molecule has 4 rings (SSSR count). The lowest BCUT2D eigenvalue weighted by atomic mass is 10.0. The van der Waals surface area contributed by atoms with Gasteiger partial charge in [-0.2, -0.15) is 0 Å². The molecule has 0 aliphatic carbocycles. The Labute approximate surface area is 198 Å². The number of carbonyl (C=O) groups is 2. The summed E-state index contributed by atoms with van der Waals surface area (Å²) in [6.07, 6.45) is 0.863. The topological polar surface area (TPSA) is 77.1 Å².